The molecule has 32 heavy (non-hydrogen) atoms. The third-order valence-electron chi connectivity index (χ3n) is 4.56. The monoisotopic (exact) mass is 502 g/mol. The van der Waals surface area contributed by atoms with E-state index in [4.69, 9.17) is 39.5 Å². The Labute approximate surface area is 205 Å². The van der Waals surface area contributed by atoms with E-state index in [1.165, 1.54) is 11.8 Å². The van der Waals surface area contributed by atoms with Crippen molar-refractivity contribution in [1.29, 1.82) is 0 Å². The molecule has 0 atom stereocenters. The standard InChI is InChI=1S/C24H17Cl3N2O2S/c1-14-6-8-17(9-7-14)28-24-29-23(30)21(32-24)12-15-10-19(26)22(20(27)11-15)31-13-16-4-2-3-5-18(16)25/h2-12H,13H2,1H3,(H,28,29,30)/b21-12-. The van der Waals surface area contributed by atoms with Gasteiger partial charge >= 0.3 is 0 Å². The van der Waals surface area contributed by atoms with E-state index in [2.05, 4.69) is 10.3 Å². The second-order valence-corrected chi connectivity index (χ2v) is 9.26. The molecule has 4 rings (SSSR count). The topological polar surface area (TPSA) is 50.7 Å². The van der Waals surface area contributed by atoms with Crippen molar-refractivity contribution in [2.45, 2.75) is 13.5 Å². The first-order valence-corrected chi connectivity index (χ1v) is 11.6. The average Bonchev–Trinajstić information content (AvgIpc) is 3.09. The molecular formula is C24H17Cl3N2O2S. The molecule has 0 radical (unpaired) electrons. The zero-order chi connectivity index (χ0) is 22.7. The SMILES string of the molecule is Cc1ccc(N=C2NC(=O)/C(=C/c3cc(Cl)c(OCc4ccccc4Cl)c(Cl)c3)S2)cc1. The van der Waals surface area contributed by atoms with Gasteiger partial charge in [-0.15, -0.1) is 0 Å². The molecule has 162 valence electrons. The summed E-state index contributed by atoms with van der Waals surface area (Å²) in [6.45, 7) is 2.24. The molecule has 1 amide bonds. The Bertz CT molecular complexity index is 1220. The van der Waals surface area contributed by atoms with E-state index in [0.717, 1.165) is 16.8 Å². The molecular weight excluding hydrogens is 487 g/mol. The Morgan fingerprint density at radius 2 is 1.69 bits per heavy atom. The molecule has 3 aromatic carbocycles. The summed E-state index contributed by atoms with van der Waals surface area (Å²) in [5.41, 5.74) is 3.42. The minimum absolute atomic E-state index is 0.229. The van der Waals surface area contributed by atoms with E-state index in [9.17, 15) is 4.79 Å². The number of benzene rings is 3. The molecule has 3 aromatic rings. The van der Waals surface area contributed by atoms with Gasteiger partial charge in [0.15, 0.2) is 10.9 Å². The number of hydrogen-bond acceptors (Lipinski definition) is 4. The number of carbonyl (C=O) groups is 1. The van der Waals surface area contributed by atoms with Gasteiger partial charge in [0.05, 0.1) is 20.6 Å². The van der Waals surface area contributed by atoms with Gasteiger partial charge in [-0.2, -0.15) is 0 Å². The second kappa shape index (κ2) is 10.0. The summed E-state index contributed by atoms with van der Waals surface area (Å²) in [5, 5.41) is 4.58. The number of amidine groups is 1. The van der Waals surface area contributed by atoms with Crippen molar-refractivity contribution >= 4 is 69.4 Å². The summed E-state index contributed by atoms with van der Waals surface area (Å²) in [7, 11) is 0. The molecule has 0 spiro atoms. The van der Waals surface area contributed by atoms with E-state index < -0.39 is 0 Å². The van der Waals surface area contributed by atoms with Gasteiger partial charge in [-0.3, -0.25) is 4.79 Å². The van der Waals surface area contributed by atoms with Gasteiger partial charge in [0.1, 0.15) is 6.61 Å². The fraction of sp³-hybridized carbons (Fsp3) is 0.0833. The van der Waals surface area contributed by atoms with Gasteiger partial charge in [0.2, 0.25) is 0 Å². The van der Waals surface area contributed by atoms with Crippen LogP contribution in [0.5, 0.6) is 5.75 Å². The lowest BCUT2D eigenvalue weighted by molar-refractivity contribution is -0.115. The van der Waals surface area contributed by atoms with Gasteiger partial charge in [-0.25, -0.2) is 4.99 Å². The van der Waals surface area contributed by atoms with Crippen LogP contribution in [0.1, 0.15) is 16.7 Å². The van der Waals surface area contributed by atoms with Crippen molar-refractivity contribution in [2.75, 3.05) is 0 Å². The third kappa shape index (κ3) is 5.48. The predicted octanol–water partition coefficient (Wildman–Crippen LogP) is 7.43. The number of aliphatic imine (C=N–C) groups is 1. The molecule has 8 heteroatoms. The molecule has 0 bridgehead atoms. The van der Waals surface area contributed by atoms with Crippen molar-refractivity contribution in [3.8, 4) is 5.75 Å². The first-order chi connectivity index (χ1) is 15.4. The minimum Gasteiger partial charge on any atom is -0.486 e. The smallest absolute Gasteiger partial charge is 0.264 e. The molecule has 0 aromatic heterocycles. The lowest BCUT2D eigenvalue weighted by Crippen LogP contribution is -2.19. The van der Waals surface area contributed by atoms with Gasteiger partial charge in [0, 0.05) is 10.6 Å². The molecule has 4 nitrogen and oxygen atoms in total. The number of aryl methyl sites for hydroxylation is 1. The molecule has 0 unspecified atom stereocenters. The highest BCUT2D eigenvalue weighted by Crippen LogP contribution is 2.37. The number of carbonyl (C=O) groups excluding carboxylic acids is 1. The second-order valence-electron chi connectivity index (χ2n) is 7.01. The van der Waals surface area contributed by atoms with Gasteiger partial charge < -0.3 is 10.1 Å². The highest BCUT2D eigenvalue weighted by molar-refractivity contribution is 8.18. The van der Waals surface area contributed by atoms with Crippen molar-refractivity contribution in [2.24, 2.45) is 4.99 Å². The molecule has 1 N–H and O–H groups in total. The zero-order valence-electron chi connectivity index (χ0n) is 16.9. The normalized spacial score (nSPS) is 15.9. The van der Waals surface area contributed by atoms with Crippen LogP contribution < -0.4 is 10.1 Å². The number of rotatable bonds is 5. The summed E-state index contributed by atoms with van der Waals surface area (Å²) in [5.74, 6) is 0.132. The van der Waals surface area contributed by atoms with Crippen LogP contribution in [0.4, 0.5) is 5.69 Å². The number of nitrogens with one attached hydrogen (secondary N) is 1. The predicted molar refractivity (Wildman–Crippen MR) is 134 cm³/mol. The highest BCUT2D eigenvalue weighted by atomic mass is 35.5. The van der Waals surface area contributed by atoms with Crippen LogP contribution in [0.15, 0.2) is 70.6 Å². The molecule has 0 saturated carbocycles. The van der Waals surface area contributed by atoms with E-state index in [0.29, 0.717) is 36.5 Å². The number of thioether (sulfide) groups is 1. The van der Waals surface area contributed by atoms with Crippen LogP contribution in [-0.4, -0.2) is 11.1 Å². The number of ether oxygens (including phenoxy) is 1. The molecule has 1 aliphatic heterocycles. The maximum Gasteiger partial charge on any atom is 0.264 e. The summed E-state index contributed by atoms with van der Waals surface area (Å²) in [6, 6.07) is 18.5. The third-order valence-corrected chi connectivity index (χ3v) is 6.40. The fourth-order valence-corrected chi connectivity index (χ4v) is 4.58. The summed E-state index contributed by atoms with van der Waals surface area (Å²) in [6.07, 6.45) is 1.72. The van der Waals surface area contributed by atoms with E-state index in [-0.39, 0.29) is 12.5 Å². The largest absolute Gasteiger partial charge is 0.486 e. The summed E-state index contributed by atoms with van der Waals surface area (Å²) < 4.78 is 5.80. The summed E-state index contributed by atoms with van der Waals surface area (Å²) >= 11 is 20.2. The first-order valence-electron chi connectivity index (χ1n) is 9.60. The van der Waals surface area contributed by atoms with Crippen LogP contribution in [0.3, 0.4) is 0 Å². The van der Waals surface area contributed by atoms with Crippen LogP contribution in [0.25, 0.3) is 6.08 Å². The van der Waals surface area contributed by atoms with Gasteiger partial charge in [0.25, 0.3) is 5.91 Å². The Kier molecular flexibility index (Phi) is 7.11. The van der Waals surface area contributed by atoms with Crippen LogP contribution >= 0.6 is 46.6 Å². The summed E-state index contributed by atoms with van der Waals surface area (Å²) in [4.78, 5) is 17.3. The minimum atomic E-state index is -0.229. The maximum absolute atomic E-state index is 12.4. The molecule has 1 aliphatic rings. The number of amides is 1. The maximum atomic E-state index is 12.4. The van der Waals surface area contributed by atoms with E-state index in [1.807, 2.05) is 49.4 Å². The lowest BCUT2D eigenvalue weighted by atomic mass is 10.2. The van der Waals surface area contributed by atoms with Crippen molar-refractivity contribution < 1.29 is 9.53 Å². The molecule has 0 aliphatic carbocycles. The molecule has 1 saturated heterocycles. The zero-order valence-corrected chi connectivity index (χ0v) is 19.9. The van der Waals surface area contributed by atoms with Crippen molar-refractivity contribution in [1.82, 2.24) is 5.32 Å². The number of nitrogens with zero attached hydrogens (tertiary/aromatic N) is 1. The van der Waals surface area contributed by atoms with Gasteiger partial charge in [-0.1, -0.05) is 70.7 Å². The average molecular weight is 504 g/mol. The number of halogens is 3. The van der Waals surface area contributed by atoms with Gasteiger partial charge in [-0.05, 0) is 60.7 Å². The van der Waals surface area contributed by atoms with Crippen LogP contribution in [-0.2, 0) is 11.4 Å². The Hall–Kier alpha value is -2.44. The molecule has 1 fully saturated rings. The lowest BCUT2D eigenvalue weighted by Gasteiger charge is -2.12. The number of hydrogen-bond donors (Lipinski definition) is 1. The van der Waals surface area contributed by atoms with E-state index >= 15 is 0 Å². The van der Waals surface area contributed by atoms with Crippen LogP contribution in [0.2, 0.25) is 15.1 Å². The fourth-order valence-electron chi connectivity index (χ4n) is 2.93. The van der Waals surface area contributed by atoms with E-state index in [1.54, 1.807) is 24.3 Å². The highest BCUT2D eigenvalue weighted by Gasteiger charge is 2.24. The van der Waals surface area contributed by atoms with Crippen molar-refractivity contribution in [3.05, 3.63) is 97.3 Å². The Balaban J connectivity index is 1.51. The van der Waals surface area contributed by atoms with Crippen LogP contribution in [0, 0.1) is 6.92 Å². The Morgan fingerprint density at radius 1 is 1.00 bits per heavy atom. The quantitative estimate of drug-likeness (QED) is 0.368. The Morgan fingerprint density at radius 3 is 2.38 bits per heavy atom. The molecule has 1 heterocycles. The van der Waals surface area contributed by atoms with Crippen molar-refractivity contribution in [3.63, 3.8) is 0 Å². The first kappa shape index (κ1) is 22.7.